The molecule has 0 saturated heterocycles. The second-order valence-corrected chi connectivity index (χ2v) is 6.66. The molecule has 0 amide bonds. The summed E-state index contributed by atoms with van der Waals surface area (Å²) < 4.78 is 24.7. The largest absolute Gasteiger partial charge is 0.327 e. The quantitative estimate of drug-likeness (QED) is 0.852. The van der Waals surface area contributed by atoms with Gasteiger partial charge in [-0.05, 0) is 30.9 Å². The summed E-state index contributed by atoms with van der Waals surface area (Å²) in [5, 5.41) is -0.315. The van der Waals surface area contributed by atoms with Gasteiger partial charge in [0.1, 0.15) is 0 Å². The highest BCUT2D eigenvalue weighted by Crippen LogP contribution is 2.33. The Labute approximate surface area is 96.6 Å². The van der Waals surface area contributed by atoms with Crippen molar-refractivity contribution in [3.63, 3.8) is 0 Å². The molecule has 1 aliphatic rings. The molecule has 4 heteroatoms. The molecule has 1 aliphatic carbocycles. The summed E-state index contributed by atoms with van der Waals surface area (Å²) in [6, 6.07) is 8.67. The van der Waals surface area contributed by atoms with Crippen LogP contribution in [0.4, 0.5) is 0 Å². The van der Waals surface area contributed by atoms with Crippen LogP contribution in [0.2, 0.25) is 0 Å². The average molecular weight is 239 g/mol. The van der Waals surface area contributed by atoms with E-state index in [0.29, 0.717) is 11.3 Å². The van der Waals surface area contributed by atoms with E-state index in [9.17, 15) is 8.42 Å². The van der Waals surface area contributed by atoms with Crippen LogP contribution in [0, 0.1) is 5.92 Å². The van der Waals surface area contributed by atoms with Gasteiger partial charge in [0, 0.05) is 6.04 Å². The minimum atomic E-state index is -3.20. The van der Waals surface area contributed by atoms with Gasteiger partial charge in [-0.2, -0.15) is 0 Å². The number of rotatable bonds is 2. The Morgan fingerprint density at radius 2 is 1.81 bits per heavy atom. The Bertz CT molecular complexity index is 455. The van der Waals surface area contributed by atoms with E-state index in [1.165, 1.54) is 0 Å². The van der Waals surface area contributed by atoms with E-state index in [2.05, 4.69) is 0 Å². The van der Waals surface area contributed by atoms with Crippen LogP contribution in [0.15, 0.2) is 35.2 Å². The fourth-order valence-corrected chi connectivity index (χ4v) is 4.48. The Hall–Kier alpha value is -0.870. The number of hydrogen-bond donors (Lipinski definition) is 1. The molecule has 1 fully saturated rings. The van der Waals surface area contributed by atoms with Crippen LogP contribution in [0.25, 0.3) is 0 Å². The molecule has 0 radical (unpaired) electrons. The van der Waals surface area contributed by atoms with Crippen molar-refractivity contribution in [2.24, 2.45) is 11.7 Å². The van der Waals surface area contributed by atoms with Crippen molar-refractivity contribution in [2.75, 3.05) is 0 Å². The minimum absolute atomic E-state index is 0.0171. The van der Waals surface area contributed by atoms with Gasteiger partial charge < -0.3 is 5.73 Å². The van der Waals surface area contributed by atoms with Gasteiger partial charge in [0.05, 0.1) is 10.1 Å². The third-order valence-corrected chi connectivity index (χ3v) is 5.91. The van der Waals surface area contributed by atoms with E-state index >= 15 is 0 Å². The lowest BCUT2D eigenvalue weighted by Crippen LogP contribution is -2.32. The van der Waals surface area contributed by atoms with Crippen molar-refractivity contribution >= 4 is 9.84 Å². The van der Waals surface area contributed by atoms with Gasteiger partial charge in [-0.25, -0.2) is 8.42 Å². The maximum atomic E-state index is 12.3. The third kappa shape index (κ3) is 1.87. The first kappa shape index (κ1) is 11.6. The zero-order valence-corrected chi connectivity index (χ0v) is 10.2. The first-order valence-corrected chi connectivity index (χ1v) is 7.12. The van der Waals surface area contributed by atoms with Gasteiger partial charge in [0.15, 0.2) is 9.84 Å². The summed E-state index contributed by atoms with van der Waals surface area (Å²) in [7, 11) is -3.20. The third-order valence-electron chi connectivity index (χ3n) is 3.52. The monoisotopic (exact) mass is 239 g/mol. The normalized spacial score (nSPS) is 30.5. The highest BCUT2D eigenvalue weighted by molar-refractivity contribution is 7.92. The van der Waals surface area contributed by atoms with Crippen LogP contribution in [0.1, 0.15) is 19.8 Å². The Kier molecular flexibility index (Phi) is 3.04. The Balaban J connectivity index is 2.34. The summed E-state index contributed by atoms with van der Waals surface area (Å²) in [5.41, 5.74) is 5.88. The van der Waals surface area contributed by atoms with Crippen LogP contribution in [0.5, 0.6) is 0 Å². The molecule has 1 aromatic carbocycles. The van der Waals surface area contributed by atoms with Crippen molar-refractivity contribution in [2.45, 2.75) is 36.0 Å². The highest BCUT2D eigenvalue weighted by Gasteiger charge is 2.39. The fourth-order valence-electron chi connectivity index (χ4n) is 2.38. The zero-order chi connectivity index (χ0) is 11.8. The van der Waals surface area contributed by atoms with Gasteiger partial charge >= 0.3 is 0 Å². The maximum Gasteiger partial charge on any atom is 0.181 e. The molecule has 3 atom stereocenters. The average Bonchev–Trinajstić information content (AvgIpc) is 2.61. The van der Waals surface area contributed by atoms with Crippen LogP contribution >= 0.6 is 0 Å². The number of benzene rings is 1. The lowest BCUT2D eigenvalue weighted by atomic mass is 10.1. The van der Waals surface area contributed by atoms with Gasteiger partial charge in [-0.15, -0.1) is 0 Å². The van der Waals surface area contributed by atoms with E-state index in [0.717, 1.165) is 6.42 Å². The van der Waals surface area contributed by atoms with Crippen LogP contribution < -0.4 is 5.73 Å². The molecule has 1 aromatic rings. The minimum Gasteiger partial charge on any atom is -0.327 e. The molecule has 16 heavy (non-hydrogen) atoms. The first-order valence-electron chi connectivity index (χ1n) is 5.58. The molecule has 0 heterocycles. The second-order valence-electron chi connectivity index (χ2n) is 4.50. The predicted octanol–water partition coefficient (Wildman–Crippen LogP) is 1.59. The van der Waals surface area contributed by atoms with E-state index in [1.54, 1.807) is 24.3 Å². The molecular formula is C12H17NO2S. The van der Waals surface area contributed by atoms with E-state index in [-0.39, 0.29) is 17.2 Å². The number of sulfone groups is 1. The van der Waals surface area contributed by atoms with Gasteiger partial charge in [-0.1, -0.05) is 25.1 Å². The van der Waals surface area contributed by atoms with Gasteiger partial charge in [0.25, 0.3) is 0 Å². The molecule has 3 unspecified atom stereocenters. The van der Waals surface area contributed by atoms with Crippen molar-refractivity contribution in [3.05, 3.63) is 30.3 Å². The summed E-state index contributed by atoms with van der Waals surface area (Å²) in [4.78, 5) is 0.418. The molecule has 1 saturated carbocycles. The lowest BCUT2D eigenvalue weighted by Gasteiger charge is -2.18. The SMILES string of the molecule is CC1C(N)CCC1S(=O)(=O)c1ccccc1. The maximum absolute atomic E-state index is 12.3. The van der Waals surface area contributed by atoms with E-state index in [4.69, 9.17) is 5.73 Å². The van der Waals surface area contributed by atoms with Crippen molar-refractivity contribution in [1.29, 1.82) is 0 Å². The number of nitrogens with two attached hydrogens (primary N) is 1. The van der Waals surface area contributed by atoms with Crippen molar-refractivity contribution < 1.29 is 8.42 Å². The van der Waals surface area contributed by atoms with E-state index < -0.39 is 9.84 Å². The molecular weight excluding hydrogens is 222 g/mol. The molecule has 0 bridgehead atoms. The molecule has 0 aliphatic heterocycles. The molecule has 0 aromatic heterocycles. The molecule has 3 nitrogen and oxygen atoms in total. The zero-order valence-electron chi connectivity index (χ0n) is 9.34. The summed E-state index contributed by atoms with van der Waals surface area (Å²) in [6.45, 7) is 1.93. The van der Waals surface area contributed by atoms with Gasteiger partial charge in [-0.3, -0.25) is 0 Å². The van der Waals surface area contributed by atoms with Crippen molar-refractivity contribution in [3.8, 4) is 0 Å². The summed E-state index contributed by atoms with van der Waals surface area (Å²) >= 11 is 0. The summed E-state index contributed by atoms with van der Waals surface area (Å²) in [6.07, 6.45) is 1.48. The Morgan fingerprint density at radius 1 is 1.19 bits per heavy atom. The number of hydrogen-bond acceptors (Lipinski definition) is 3. The topological polar surface area (TPSA) is 60.2 Å². The van der Waals surface area contributed by atoms with Crippen LogP contribution in [-0.2, 0) is 9.84 Å². The first-order chi connectivity index (χ1) is 7.53. The highest BCUT2D eigenvalue weighted by atomic mass is 32.2. The molecule has 2 N–H and O–H groups in total. The fraction of sp³-hybridized carbons (Fsp3) is 0.500. The predicted molar refractivity (Wildman–Crippen MR) is 63.8 cm³/mol. The van der Waals surface area contributed by atoms with Crippen LogP contribution in [0.3, 0.4) is 0 Å². The van der Waals surface area contributed by atoms with E-state index in [1.807, 2.05) is 13.0 Å². The lowest BCUT2D eigenvalue weighted by molar-refractivity contribution is 0.507. The van der Waals surface area contributed by atoms with Crippen molar-refractivity contribution in [1.82, 2.24) is 0 Å². The van der Waals surface area contributed by atoms with Crippen LogP contribution in [-0.4, -0.2) is 19.7 Å². The molecule has 2 rings (SSSR count). The second kappa shape index (κ2) is 4.18. The standard InChI is InChI=1S/C12H17NO2S/c1-9-11(13)7-8-12(9)16(14,15)10-5-3-2-4-6-10/h2-6,9,11-12H,7-8,13H2,1H3. The summed E-state index contributed by atoms with van der Waals surface area (Å²) in [5.74, 6) is 0.0465. The smallest absolute Gasteiger partial charge is 0.181 e. The Morgan fingerprint density at radius 3 is 2.31 bits per heavy atom. The molecule has 0 spiro atoms. The molecule has 88 valence electrons. The van der Waals surface area contributed by atoms with Gasteiger partial charge in [0.2, 0.25) is 0 Å².